The standard InChI is InChI=1S/C14H11F3N2OS/c15-14(16,17)21-9-6-4-8(5-7-9)12-18-11-3-1-2-10(11)13(20)19-12/h4-7H,1-3H2,(H,18,19,20). The lowest BCUT2D eigenvalue weighted by atomic mass is 10.2. The summed E-state index contributed by atoms with van der Waals surface area (Å²) in [5, 5.41) is 0. The van der Waals surface area contributed by atoms with E-state index in [9.17, 15) is 18.0 Å². The molecule has 0 spiro atoms. The van der Waals surface area contributed by atoms with E-state index in [2.05, 4.69) is 9.97 Å². The molecule has 1 aliphatic carbocycles. The van der Waals surface area contributed by atoms with Gasteiger partial charge in [-0.15, -0.1) is 0 Å². The molecule has 3 nitrogen and oxygen atoms in total. The number of nitrogens with zero attached hydrogens (tertiary/aromatic N) is 1. The van der Waals surface area contributed by atoms with Crippen LogP contribution in [0, 0.1) is 0 Å². The van der Waals surface area contributed by atoms with Gasteiger partial charge in [0, 0.05) is 16.0 Å². The highest BCUT2D eigenvalue weighted by molar-refractivity contribution is 8.00. The van der Waals surface area contributed by atoms with Crippen LogP contribution in [0.1, 0.15) is 17.7 Å². The summed E-state index contributed by atoms with van der Waals surface area (Å²) in [5.41, 5.74) is -2.33. The zero-order chi connectivity index (χ0) is 15.0. The molecule has 110 valence electrons. The third kappa shape index (κ3) is 3.12. The van der Waals surface area contributed by atoms with Crippen LogP contribution in [0.25, 0.3) is 11.4 Å². The molecule has 21 heavy (non-hydrogen) atoms. The third-order valence-electron chi connectivity index (χ3n) is 3.30. The van der Waals surface area contributed by atoms with Crippen molar-refractivity contribution < 1.29 is 13.2 Å². The van der Waals surface area contributed by atoms with Gasteiger partial charge in [0.2, 0.25) is 0 Å². The van der Waals surface area contributed by atoms with Crippen LogP contribution in [0.3, 0.4) is 0 Å². The Bertz CT molecular complexity index is 722. The largest absolute Gasteiger partial charge is 0.446 e. The van der Waals surface area contributed by atoms with Crippen molar-refractivity contribution in [2.45, 2.75) is 29.7 Å². The molecule has 0 radical (unpaired) electrons. The highest BCUT2D eigenvalue weighted by Gasteiger charge is 2.29. The lowest BCUT2D eigenvalue weighted by Crippen LogP contribution is -2.15. The van der Waals surface area contributed by atoms with Crippen molar-refractivity contribution in [2.24, 2.45) is 0 Å². The molecule has 0 atom stereocenters. The molecule has 0 bridgehead atoms. The summed E-state index contributed by atoms with van der Waals surface area (Å²) in [6.07, 6.45) is 2.42. The first kappa shape index (κ1) is 14.2. The highest BCUT2D eigenvalue weighted by atomic mass is 32.2. The molecule has 0 unspecified atom stereocenters. The van der Waals surface area contributed by atoms with Gasteiger partial charge in [0.25, 0.3) is 5.56 Å². The number of thioether (sulfide) groups is 1. The molecule has 0 saturated heterocycles. The highest BCUT2D eigenvalue weighted by Crippen LogP contribution is 2.37. The molecular formula is C14H11F3N2OS. The van der Waals surface area contributed by atoms with E-state index in [1.165, 1.54) is 24.3 Å². The van der Waals surface area contributed by atoms with Gasteiger partial charge in [0.05, 0.1) is 5.69 Å². The second-order valence-electron chi connectivity index (χ2n) is 4.77. The summed E-state index contributed by atoms with van der Waals surface area (Å²) in [5.74, 6) is 0.407. The smallest absolute Gasteiger partial charge is 0.306 e. The average Bonchev–Trinajstić information content (AvgIpc) is 2.86. The predicted molar refractivity (Wildman–Crippen MR) is 74.2 cm³/mol. The van der Waals surface area contributed by atoms with Crippen LogP contribution in [-0.2, 0) is 12.8 Å². The quantitative estimate of drug-likeness (QED) is 0.863. The van der Waals surface area contributed by atoms with Gasteiger partial charge >= 0.3 is 5.51 Å². The Hall–Kier alpha value is -1.76. The Kier molecular flexibility index (Phi) is 3.52. The maximum Gasteiger partial charge on any atom is 0.446 e. The summed E-state index contributed by atoms with van der Waals surface area (Å²) in [6.45, 7) is 0. The Labute approximate surface area is 122 Å². The number of fused-ring (bicyclic) bond motifs is 1. The first-order valence-corrected chi connectivity index (χ1v) is 7.22. The van der Waals surface area contributed by atoms with E-state index >= 15 is 0 Å². The fraction of sp³-hybridized carbons (Fsp3) is 0.286. The number of H-pyrrole nitrogens is 1. The van der Waals surface area contributed by atoms with Crippen molar-refractivity contribution in [2.75, 3.05) is 0 Å². The number of aromatic amines is 1. The van der Waals surface area contributed by atoms with Crippen LogP contribution < -0.4 is 5.56 Å². The van der Waals surface area contributed by atoms with Gasteiger partial charge in [-0.1, -0.05) is 12.1 Å². The maximum atomic E-state index is 12.3. The number of alkyl halides is 3. The Morgan fingerprint density at radius 1 is 1.14 bits per heavy atom. The van der Waals surface area contributed by atoms with E-state index in [0.717, 1.165) is 30.5 Å². The monoisotopic (exact) mass is 312 g/mol. The fourth-order valence-electron chi connectivity index (χ4n) is 2.39. The molecule has 0 aliphatic heterocycles. The summed E-state index contributed by atoms with van der Waals surface area (Å²) in [6, 6.07) is 5.82. The van der Waals surface area contributed by atoms with Crippen molar-refractivity contribution in [1.29, 1.82) is 0 Å². The third-order valence-corrected chi connectivity index (χ3v) is 4.04. The maximum absolute atomic E-state index is 12.3. The molecule has 1 heterocycles. The number of rotatable bonds is 2. The number of hydrogen-bond donors (Lipinski definition) is 1. The normalized spacial score (nSPS) is 14.2. The number of nitrogens with one attached hydrogen (secondary N) is 1. The Balaban J connectivity index is 1.91. The van der Waals surface area contributed by atoms with Crippen molar-refractivity contribution in [1.82, 2.24) is 9.97 Å². The van der Waals surface area contributed by atoms with E-state index < -0.39 is 5.51 Å². The number of halogens is 3. The number of benzene rings is 1. The van der Waals surface area contributed by atoms with Gasteiger partial charge < -0.3 is 4.98 Å². The predicted octanol–water partition coefficient (Wildman–Crippen LogP) is 3.54. The minimum atomic E-state index is -4.30. The first-order chi connectivity index (χ1) is 9.92. The lowest BCUT2D eigenvalue weighted by molar-refractivity contribution is -0.0328. The van der Waals surface area contributed by atoms with Crippen LogP contribution >= 0.6 is 11.8 Å². The number of aromatic nitrogens is 2. The minimum Gasteiger partial charge on any atom is -0.306 e. The number of aryl methyl sites for hydroxylation is 1. The van der Waals surface area contributed by atoms with Gasteiger partial charge in [0.1, 0.15) is 5.82 Å². The molecule has 1 N–H and O–H groups in total. The van der Waals surface area contributed by atoms with Crippen molar-refractivity contribution in [3.63, 3.8) is 0 Å². The average molecular weight is 312 g/mol. The van der Waals surface area contributed by atoms with E-state index in [4.69, 9.17) is 0 Å². The zero-order valence-electron chi connectivity index (χ0n) is 10.8. The lowest BCUT2D eigenvalue weighted by Gasteiger charge is -2.07. The second kappa shape index (κ2) is 5.22. The van der Waals surface area contributed by atoms with Crippen LogP contribution in [0.5, 0.6) is 0 Å². The fourth-order valence-corrected chi connectivity index (χ4v) is 2.93. The van der Waals surface area contributed by atoms with Crippen molar-refractivity contribution in [3.05, 3.63) is 45.9 Å². The molecular weight excluding hydrogens is 301 g/mol. The summed E-state index contributed by atoms with van der Waals surface area (Å²) < 4.78 is 36.8. The molecule has 2 aromatic rings. The molecule has 7 heteroatoms. The molecule has 0 saturated carbocycles. The minimum absolute atomic E-state index is 0.106. The summed E-state index contributed by atoms with van der Waals surface area (Å²) >= 11 is -0.164. The van der Waals surface area contributed by atoms with Crippen LogP contribution in [-0.4, -0.2) is 15.5 Å². The van der Waals surface area contributed by atoms with Gasteiger partial charge in [-0.25, -0.2) is 4.98 Å². The molecule has 1 aromatic carbocycles. The van der Waals surface area contributed by atoms with Crippen molar-refractivity contribution >= 4 is 11.8 Å². The van der Waals surface area contributed by atoms with E-state index in [1.807, 2.05) is 0 Å². The topological polar surface area (TPSA) is 45.8 Å². The molecule has 1 aromatic heterocycles. The second-order valence-corrected chi connectivity index (χ2v) is 5.90. The van der Waals surface area contributed by atoms with Gasteiger partial charge in [-0.05, 0) is 43.2 Å². The Morgan fingerprint density at radius 3 is 2.52 bits per heavy atom. The van der Waals surface area contributed by atoms with Gasteiger partial charge in [-0.3, -0.25) is 4.79 Å². The van der Waals surface area contributed by atoms with E-state index in [-0.39, 0.29) is 22.2 Å². The van der Waals surface area contributed by atoms with Gasteiger partial charge in [0.15, 0.2) is 0 Å². The molecule has 0 fully saturated rings. The molecule has 3 rings (SSSR count). The van der Waals surface area contributed by atoms with E-state index in [1.54, 1.807) is 0 Å². The van der Waals surface area contributed by atoms with Gasteiger partial charge in [-0.2, -0.15) is 13.2 Å². The first-order valence-electron chi connectivity index (χ1n) is 6.41. The Morgan fingerprint density at radius 2 is 1.86 bits per heavy atom. The molecule has 0 amide bonds. The van der Waals surface area contributed by atoms with Crippen LogP contribution in [0.15, 0.2) is 34.0 Å². The van der Waals surface area contributed by atoms with Crippen LogP contribution in [0.2, 0.25) is 0 Å². The SMILES string of the molecule is O=c1[nH]c(-c2ccc(SC(F)(F)F)cc2)nc2c1CCC2. The number of hydrogen-bond acceptors (Lipinski definition) is 3. The zero-order valence-corrected chi connectivity index (χ0v) is 11.6. The molecule has 1 aliphatic rings. The van der Waals surface area contributed by atoms with Crippen molar-refractivity contribution in [3.8, 4) is 11.4 Å². The van der Waals surface area contributed by atoms with Crippen LogP contribution in [0.4, 0.5) is 13.2 Å². The van der Waals surface area contributed by atoms with E-state index in [0.29, 0.717) is 11.4 Å². The summed E-state index contributed by atoms with van der Waals surface area (Å²) in [4.78, 5) is 19.1. The summed E-state index contributed by atoms with van der Waals surface area (Å²) in [7, 11) is 0.